The van der Waals surface area contributed by atoms with Crippen LogP contribution in [0.5, 0.6) is 0 Å². The third kappa shape index (κ3) is 3.18. The second-order valence-electron chi connectivity index (χ2n) is 6.18. The zero-order valence-electron chi connectivity index (χ0n) is 12.9. The number of nitrogens with zero attached hydrogens (tertiary/aromatic N) is 3. The number of pyridine rings is 1. The lowest BCUT2D eigenvalue weighted by molar-refractivity contribution is 0.0355. The van der Waals surface area contributed by atoms with Crippen molar-refractivity contribution in [3.8, 4) is 0 Å². The maximum atomic E-state index is 14.4. The molecule has 2 aliphatic heterocycles. The monoisotopic (exact) mass is 369 g/mol. The van der Waals surface area contributed by atoms with Crippen LogP contribution < -0.4 is 0 Å². The van der Waals surface area contributed by atoms with Gasteiger partial charge in [0.1, 0.15) is 10.8 Å². The van der Waals surface area contributed by atoms with Crippen LogP contribution in [0.2, 0.25) is 0 Å². The molecule has 1 aromatic heterocycles. The van der Waals surface area contributed by atoms with Crippen LogP contribution in [-0.2, 0) is 4.74 Å². The van der Waals surface area contributed by atoms with Crippen molar-refractivity contribution < 1.29 is 9.13 Å². The molecule has 4 unspecified atom stereocenters. The highest BCUT2D eigenvalue weighted by Gasteiger charge is 2.39. The minimum atomic E-state index is -0.215. The van der Waals surface area contributed by atoms with Crippen molar-refractivity contribution in [1.29, 1.82) is 0 Å². The first-order valence-corrected chi connectivity index (χ1v) is 8.59. The molecule has 0 aromatic carbocycles. The Morgan fingerprint density at radius 3 is 2.95 bits per heavy atom. The molecule has 0 spiro atoms. The lowest BCUT2D eigenvalue weighted by Crippen LogP contribution is -2.34. The first kappa shape index (κ1) is 15.9. The summed E-state index contributed by atoms with van der Waals surface area (Å²) in [6, 6.07) is 1.82. The van der Waals surface area contributed by atoms with E-state index in [1.54, 1.807) is 6.20 Å². The predicted octanol–water partition coefficient (Wildman–Crippen LogP) is 3.39. The molecule has 1 aromatic rings. The summed E-state index contributed by atoms with van der Waals surface area (Å²) < 4.78 is 20.0. The second-order valence-corrected chi connectivity index (χ2v) is 7.20. The van der Waals surface area contributed by atoms with Crippen LogP contribution in [-0.4, -0.2) is 40.9 Å². The summed E-state index contributed by atoms with van der Waals surface area (Å²) in [5.41, 5.74) is 1.85. The molecule has 120 valence electrons. The van der Waals surface area contributed by atoms with E-state index in [2.05, 4.69) is 26.0 Å². The number of hydrogen-bond donors (Lipinski definition) is 0. The highest BCUT2D eigenvalue weighted by molar-refractivity contribution is 9.09. The first-order valence-electron chi connectivity index (χ1n) is 7.67. The van der Waals surface area contributed by atoms with Gasteiger partial charge < -0.3 is 4.74 Å². The molecule has 0 N–H and O–H groups in total. The Hall–Kier alpha value is -1.01. The average molecular weight is 370 g/mol. The number of hydrazone groups is 1. The minimum absolute atomic E-state index is 0.0510. The van der Waals surface area contributed by atoms with E-state index < -0.39 is 0 Å². The van der Waals surface area contributed by atoms with Crippen molar-refractivity contribution >= 4 is 21.6 Å². The third-order valence-corrected chi connectivity index (χ3v) is 5.34. The van der Waals surface area contributed by atoms with Gasteiger partial charge in [-0.25, -0.2) is 4.39 Å². The summed E-state index contributed by atoms with van der Waals surface area (Å²) in [6.45, 7) is 3.59. The largest absolute Gasteiger partial charge is 0.367 e. The molecule has 0 amide bonds. The van der Waals surface area contributed by atoms with Crippen molar-refractivity contribution in [3.05, 3.63) is 29.8 Å². The van der Waals surface area contributed by atoms with Gasteiger partial charge in [-0.05, 0) is 43.2 Å². The van der Waals surface area contributed by atoms with Gasteiger partial charge in [0.05, 0.1) is 6.20 Å². The second kappa shape index (κ2) is 6.62. The van der Waals surface area contributed by atoms with Gasteiger partial charge in [0.25, 0.3) is 0 Å². The van der Waals surface area contributed by atoms with Gasteiger partial charge in [-0.3, -0.25) is 9.99 Å². The van der Waals surface area contributed by atoms with Crippen LogP contribution in [0.15, 0.2) is 23.6 Å². The van der Waals surface area contributed by atoms with Gasteiger partial charge in [0.15, 0.2) is 0 Å². The standard InChI is InChI=1S/C16H21BrFN3O/c1-10-13(9-21(2)20-10)16(11-4-6-22-15(17)7-11)12-3-5-19-8-14(12)18/h3,5,8,11,13,15-16H,4,6-7,9H2,1-2H3. The molecule has 3 heterocycles. The summed E-state index contributed by atoms with van der Waals surface area (Å²) in [5, 5.41) is 6.54. The van der Waals surface area contributed by atoms with E-state index in [9.17, 15) is 4.39 Å². The number of halogens is 2. The highest BCUT2D eigenvalue weighted by atomic mass is 79.9. The Labute approximate surface area is 138 Å². The van der Waals surface area contributed by atoms with Gasteiger partial charge in [-0.15, -0.1) is 0 Å². The summed E-state index contributed by atoms with van der Waals surface area (Å²) in [6.07, 6.45) is 4.84. The fourth-order valence-electron chi connectivity index (χ4n) is 3.73. The number of alkyl halides is 1. The summed E-state index contributed by atoms with van der Waals surface area (Å²) >= 11 is 3.55. The molecule has 4 atom stereocenters. The number of hydrogen-bond acceptors (Lipinski definition) is 4. The molecule has 1 fully saturated rings. The van der Waals surface area contributed by atoms with Crippen LogP contribution in [0.3, 0.4) is 0 Å². The van der Waals surface area contributed by atoms with Crippen LogP contribution in [0, 0.1) is 17.7 Å². The molecular formula is C16H21BrFN3O. The molecular weight excluding hydrogens is 349 g/mol. The third-order valence-electron chi connectivity index (χ3n) is 4.71. The summed E-state index contributed by atoms with van der Waals surface area (Å²) in [7, 11) is 1.97. The number of rotatable bonds is 3. The SMILES string of the molecule is CC1=NN(C)CC1C(c1ccncc1F)C1CCOC(Br)C1. The Morgan fingerprint density at radius 2 is 2.32 bits per heavy atom. The maximum absolute atomic E-state index is 14.4. The molecule has 6 heteroatoms. The van der Waals surface area contributed by atoms with E-state index in [1.165, 1.54) is 6.20 Å². The van der Waals surface area contributed by atoms with Gasteiger partial charge in [0.2, 0.25) is 0 Å². The van der Waals surface area contributed by atoms with Crippen molar-refractivity contribution in [3.63, 3.8) is 0 Å². The molecule has 0 saturated carbocycles. The minimum Gasteiger partial charge on any atom is -0.367 e. The number of ether oxygens (including phenoxy) is 1. The van der Waals surface area contributed by atoms with Crippen LogP contribution in [0.4, 0.5) is 4.39 Å². The predicted molar refractivity (Wildman–Crippen MR) is 87.6 cm³/mol. The van der Waals surface area contributed by atoms with Gasteiger partial charge >= 0.3 is 0 Å². The van der Waals surface area contributed by atoms with Gasteiger partial charge in [-0.2, -0.15) is 5.10 Å². The smallest absolute Gasteiger partial charge is 0.144 e. The molecule has 0 radical (unpaired) electrons. The van der Waals surface area contributed by atoms with E-state index in [0.717, 1.165) is 30.7 Å². The Balaban J connectivity index is 1.95. The van der Waals surface area contributed by atoms with Crippen molar-refractivity contribution in [1.82, 2.24) is 9.99 Å². The van der Waals surface area contributed by atoms with Gasteiger partial charge in [0, 0.05) is 38.0 Å². The quantitative estimate of drug-likeness (QED) is 0.766. The van der Waals surface area contributed by atoms with Gasteiger partial charge in [-0.1, -0.05) is 15.9 Å². The Morgan fingerprint density at radius 1 is 1.50 bits per heavy atom. The van der Waals surface area contributed by atoms with Crippen molar-refractivity contribution in [2.24, 2.45) is 16.9 Å². The van der Waals surface area contributed by atoms with Crippen molar-refractivity contribution in [2.75, 3.05) is 20.2 Å². The van der Waals surface area contributed by atoms with Crippen LogP contribution in [0.1, 0.15) is 31.2 Å². The molecule has 3 rings (SSSR count). The maximum Gasteiger partial charge on any atom is 0.144 e. The molecule has 22 heavy (non-hydrogen) atoms. The number of aromatic nitrogens is 1. The first-order chi connectivity index (χ1) is 10.6. The molecule has 0 aliphatic carbocycles. The summed E-state index contributed by atoms with van der Waals surface area (Å²) in [5.74, 6) is 0.509. The zero-order chi connectivity index (χ0) is 15.7. The zero-order valence-corrected chi connectivity index (χ0v) is 14.5. The Bertz CT molecular complexity index is 568. The average Bonchev–Trinajstić information content (AvgIpc) is 2.80. The Kier molecular flexibility index (Phi) is 4.78. The highest BCUT2D eigenvalue weighted by Crippen LogP contribution is 2.43. The molecule has 2 aliphatic rings. The lowest BCUT2D eigenvalue weighted by Gasteiger charge is -2.36. The van der Waals surface area contributed by atoms with E-state index in [-0.39, 0.29) is 22.7 Å². The normalized spacial score (nSPS) is 30.3. The van der Waals surface area contributed by atoms with E-state index in [1.807, 2.05) is 25.0 Å². The van der Waals surface area contributed by atoms with Crippen molar-refractivity contribution in [2.45, 2.75) is 30.7 Å². The summed E-state index contributed by atoms with van der Waals surface area (Å²) in [4.78, 5) is 3.90. The van der Waals surface area contributed by atoms with E-state index in [4.69, 9.17) is 4.74 Å². The molecule has 0 bridgehead atoms. The fourth-order valence-corrected chi connectivity index (χ4v) is 4.39. The molecule has 1 saturated heterocycles. The molecule has 4 nitrogen and oxygen atoms in total. The van der Waals surface area contributed by atoms with E-state index in [0.29, 0.717) is 12.5 Å². The van der Waals surface area contributed by atoms with E-state index >= 15 is 0 Å². The topological polar surface area (TPSA) is 37.7 Å². The van der Waals surface area contributed by atoms with Crippen LogP contribution >= 0.6 is 15.9 Å². The fraction of sp³-hybridized carbons (Fsp3) is 0.625. The lowest BCUT2D eigenvalue weighted by atomic mass is 9.72. The van der Waals surface area contributed by atoms with Crippen LogP contribution in [0.25, 0.3) is 0 Å².